The Hall–Kier alpha value is -2.23. The van der Waals surface area contributed by atoms with E-state index < -0.39 is 0 Å². The molecule has 25 heavy (non-hydrogen) atoms. The minimum atomic E-state index is 0.0348. The van der Waals surface area contributed by atoms with Crippen LogP contribution in [0.25, 0.3) is 10.1 Å². The van der Waals surface area contributed by atoms with Crippen molar-refractivity contribution in [3.63, 3.8) is 0 Å². The van der Waals surface area contributed by atoms with E-state index >= 15 is 0 Å². The molecule has 0 aliphatic carbocycles. The second-order valence-electron chi connectivity index (χ2n) is 6.23. The molecule has 2 nitrogen and oxygen atoms in total. The number of carbonyl (C=O) groups is 1. The largest absolute Gasteiger partial charge is 0.309 e. The zero-order valence-electron chi connectivity index (χ0n) is 15.2. The van der Waals surface area contributed by atoms with Crippen LogP contribution in [0.2, 0.25) is 0 Å². The van der Waals surface area contributed by atoms with Gasteiger partial charge in [-0.3, -0.25) is 4.79 Å². The number of rotatable bonds is 8. The van der Waals surface area contributed by atoms with Crippen LogP contribution >= 0.6 is 11.3 Å². The molecule has 0 atom stereocenters. The third kappa shape index (κ3) is 4.65. The van der Waals surface area contributed by atoms with E-state index in [1.807, 2.05) is 20.2 Å². The lowest BCUT2D eigenvalue weighted by Gasteiger charge is -2.10. The molecule has 0 fully saturated rings. The molecule has 3 heteroatoms. The van der Waals surface area contributed by atoms with Crippen LogP contribution in [0.15, 0.2) is 67.3 Å². The van der Waals surface area contributed by atoms with Crippen LogP contribution in [0, 0.1) is 6.92 Å². The van der Waals surface area contributed by atoms with Gasteiger partial charge in [0.1, 0.15) is 0 Å². The number of nitrogens with zero attached hydrogens (tertiary/aromatic N) is 1. The van der Waals surface area contributed by atoms with Crippen molar-refractivity contribution in [3.8, 4) is 0 Å². The Morgan fingerprint density at radius 3 is 2.64 bits per heavy atom. The summed E-state index contributed by atoms with van der Waals surface area (Å²) in [4.78, 5) is 16.5. The van der Waals surface area contributed by atoms with E-state index in [9.17, 15) is 4.79 Å². The first kappa shape index (κ1) is 19.1. The van der Waals surface area contributed by atoms with Gasteiger partial charge in [-0.2, -0.15) is 0 Å². The number of carbonyl (C=O) groups excluding carboxylic acids is 1. The topological polar surface area (TPSA) is 20.3 Å². The molecule has 0 saturated heterocycles. The summed E-state index contributed by atoms with van der Waals surface area (Å²) in [6.45, 7) is 10.5. The molecule has 0 radical (unpaired) electrons. The van der Waals surface area contributed by atoms with Gasteiger partial charge in [-0.25, -0.2) is 0 Å². The summed E-state index contributed by atoms with van der Waals surface area (Å²) in [5.74, 6) is 0.0348. The first-order valence-electron chi connectivity index (χ1n) is 8.31. The number of hydrogen-bond donors (Lipinski definition) is 0. The molecule has 2 rings (SSSR count). The van der Waals surface area contributed by atoms with Crippen molar-refractivity contribution in [1.82, 2.24) is 4.90 Å². The lowest BCUT2D eigenvalue weighted by atomic mass is 9.98. The van der Waals surface area contributed by atoms with Crippen LogP contribution in [0.4, 0.5) is 0 Å². The van der Waals surface area contributed by atoms with Crippen molar-refractivity contribution < 1.29 is 4.79 Å². The Balaban J connectivity index is 2.55. The second kappa shape index (κ2) is 8.75. The summed E-state index contributed by atoms with van der Waals surface area (Å²) in [7, 11) is 4.10. The number of likely N-dealkylation sites (N-methyl/N-ethyl adjacent to an activating group) is 1. The molecule has 0 amide bonds. The average Bonchev–Trinajstić information content (AvgIpc) is 2.93. The summed E-state index contributed by atoms with van der Waals surface area (Å²) in [5, 5.41) is 1.04. The van der Waals surface area contributed by atoms with Crippen molar-refractivity contribution in [3.05, 3.63) is 83.3 Å². The minimum absolute atomic E-state index is 0.0348. The summed E-state index contributed by atoms with van der Waals surface area (Å²) in [6.07, 6.45) is 9.60. The van der Waals surface area contributed by atoms with Gasteiger partial charge in [-0.15, -0.1) is 11.3 Å². The Kier molecular flexibility index (Phi) is 6.68. The van der Waals surface area contributed by atoms with Gasteiger partial charge in [-0.05, 0) is 39.1 Å². The van der Waals surface area contributed by atoms with Crippen molar-refractivity contribution in [1.29, 1.82) is 0 Å². The average molecular weight is 352 g/mol. The molecule has 1 aromatic carbocycles. The number of fused-ring (bicyclic) bond motifs is 1. The summed E-state index contributed by atoms with van der Waals surface area (Å²) < 4.78 is 1.17. The standard InChI is InChI=1S/C22H25NOS/c1-6-8-9-10-17(7-2)22(24)21-18-12-11-16(3)15-20(18)25-19(21)13-14-23(4)5/h6-12,15H,1-2,13-14H2,3-5H3/b9-8-,17-10+. The number of ketones is 1. The highest BCUT2D eigenvalue weighted by atomic mass is 32.1. The van der Waals surface area contributed by atoms with Crippen LogP contribution in [-0.2, 0) is 6.42 Å². The van der Waals surface area contributed by atoms with Gasteiger partial charge in [0.15, 0.2) is 5.78 Å². The fraction of sp³-hybridized carbons (Fsp3) is 0.227. The number of thiophene rings is 1. The highest BCUT2D eigenvalue weighted by Gasteiger charge is 2.20. The zero-order chi connectivity index (χ0) is 18.4. The molecule has 0 spiro atoms. The first-order chi connectivity index (χ1) is 12.0. The van der Waals surface area contributed by atoms with Crippen molar-refractivity contribution in [2.45, 2.75) is 13.3 Å². The van der Waals surface area contributed by atoms with Crippen molar-refractivity contribution in [2.24, 2.45) is 0 Å². The van der Waals surface area contributed by atoms with E-state index in [0.717, 1.165) is 28.8 Å². The van der Waals surface area contributed by atoms with Gasteiger partial charge in [0.25, 0.3) is 0 Å². The lowest BCUT2D eigenvalue weighted by Crippen LogP contribution is -2.16. The molecule has 1 aromatic heterocycles. The van der Waals surface area contributed by atoms with Crippen LogP contribution in [0.5, 0.6) is 0 Å². The molecular weight excluding hydrogens is 326 g/mol. The third-order valence-electron chi connectivity index (χ3n) is 3.94. The molecule has 0 aliphatic rings. The molecule has 0 N–H and O–H groups in total. The maximum absolute atomic E-state index is 13.2. The van der Waals surface area contributed by atoms with Crippen LogP contribution < -0.4 is 0 Å². The van der Waals surface area contributed by atoms with Crippen LogP contribution in [0.3, 0.4) is 0 Å². The van der Waals surface area contributed by atoms with Crippen LogP contribution in [-0.4, -0.2) is 31.3 Å². The quantitative estimate of drug-likeness (QED) is 0.363. The van der Waals surface area contributed by atoms with Gasteiger partial charge in [0.2, 0.25) is 0 Å². The minimum Gasteiger partial charge on any atom is -0.309 e. The maximum atomic E-state index is 13.2. The van der Waals surface area contributed by atoms with Gasteiger partial charge in [0, 0.05) is 32.6 Å². The fourth-order valence-corrected chi connectivity index (χ4v) is 3.91. The SMILES string of the molecule is C=C/C=C\C=C(/C=C)C(=O)c1c(CCN(C)C)sc2cc(C)ccc12. The smallest absolute Gasteiger partial charge is 0.194 e. The van der Waals surface area contributed by atoms with E-state index in [1.54, 1.807) is 35.6 Å². The summed E-state index contributed by atoms with van der Waals surface area (Å²) >= 11 is 1.72. The molecule has 0 aliphatic heterocycles. The van der Waals surface area contributed by atoms with Gasteiger partial charge < -0.3 is 4.90 Å². The van der Waals surface area contributed by atoms with Gasteiger partial charge >= 0.3 is 0 Å². The van der Waals surface area contributed by atoms with Gasteiger partial charge in [-0.1, -0.05) is 55.7 Å². The predicted molar refractivity (Wildman–Crippen MR) is 111 cm³/mol. The molecule has 2 aromatic rings. The summed E-state index contributed by atoms with van der Waals surface area (Å²) in [6, 6.07) is 6.29. The van der Waals surface area contributed by atoms with E-state index in [-0.39, 0.29) is 5.78 Å². The monoisotopic (exact) mass is 351 g/mol. The number of hydrogen-bond acceptors (Lipinski definition) is 3. The van der Waals surface area contributed by atoms with Crippen LogP contribution in [0.1, 0.15) is 20.8 Å². The Bertz CT molecular complexity index is 852. The predicted octanol–water partition coefficient (Wildman–Crippen LogP) is 5.35. The summed E-state index contributed by atoms with van der Waals surface area (Å²) in [5.41, 5.74) is 2.63. The van der Waals surface area contributed by atoms with E-state index in [4.69, 9.17) is 0 Å². The molecule has 1 heterocycles. The Morgan fingerprint density at radius 2 is 2.00 bits per heavy atom. The number of benzene rings is 1. The lowest BCUT2D eigenvalue weighted by molar-refractivity contribution is 0.103. The zero-order valence-corrected chi connectivity index (χ0v) is 16.0. The molecule has 0 saturated carbocycles. The van der Waals surface area contributed by atoms with Crippen molar-refractivity contribution in [2.75, 3.05) is 20.6 Å². The van der Waals surface area contributed by atoms with E-state index in [2.05, 4.69) is 43.2 Å². The highest BCUT2D eigenvalue weighted by molar-refractivity contribution is 7.19. The normalized spacial score (nSPS) is 12.2. The Labute approximate surface area is 154 Å². The fourth-order valence-electron chi connectivity index (χ4n) is 2.62. The second-order valence-corrected chi connectivity index (χ2v) is 7.37. The number of allylic oxidation sites excluding steroid dienone is 6. The highest BCUT2D eigenvalue weighted by Crippen LogP contribution is 2.34. The van der Waals surface area contributed by atoms with Gasteiger partial charge in [0.05, 0.1) is 0 Å². The van der Waals surface area contributed by atoms with E-state index in [0.29, 0.717) is 5.57 Å². The maximum Gasteiger partial charge on any atom is 0.194 e. The molecule has 130 valence electrons. The Morgan fingerprint density at radius 1 is 1.24 bits per heavy atom. The first-order valence-corrected chi connectivity index (χ1v) is 9.12. The molecular formula is C22H25NOS. The number of aryl methyl sites for hydroxylation is 1. The van der Waals surface area contributed by atoms with E-state index in [1.165, 1.54) is 10.3 Å². The van der Waals surface area contributed by atoms with Crippen molar-refractivity contribution >= 4 is 27.2 Å². The molecule has 0 bridgehead atoms. The number of Topliss-reactive ketones (excluding diaryl/α,β-unsaturated/α-hetero) is 1. The third-order valence-corrected chi connectivity index (χ3v) is 5.15. The molecule has 0 unspecified atom stereocenters.